The zero-order valence-electron chi connectivity index (χ0n) is 18.0. The number of carbonyl (C=O) groups excluding carboxylic acids is 1. The van der Waals surface area contributed by atoms with E-state index in [1.807, 2.05) is 36.1 Å². The number of nitrogens with zero attached hydrogens (tertiary/aromatic N) is 5. The van der Waals surface area contributed by atoms with Crippen LogP contribution in [-0.4, -0.2) is 67.2 Å². The van der Waals surface area contributed by atoms with E-state index in [1.165, 1.54) is 19.3 Å². The molecule has 1 amide bonds. The number of piperidine rings is 1. The molecule has 2 aliphatic rings. The quantitative estimate of drug-likeness (QED) is 0.757. The third-order valence-electron chi connectivity index (χ3n) is 5.96. The molecule has 0 atom stereocenters. The maximum absolute atomic E-state index is 12.7. The molecule has 2 aliphatic heterocycles. The summed E-state index contributed by atoms with van der Waals surface area (Å²) in [4.78, 5) is 28.7. The molecule has 2 fully saturated rings. The summed E-state index contributed by atoms with van der Waals surface area (Å²) in [5.74, 6) is 3.81. The summed E-state index contributed by atoms with van der Waals surface area (Å²) < 4.78 is 5.19. The molecule has 0 aliphatic carbocycles. The number of aryl methyl sites for hydroxylation is 1. The molecule has 1 aromatic heterocycles. The molecule has 1 aromatic carbocycles. The monoisotopic (exact) mass is 409 g/mol. The van der Waals surface area contributed by atoms with Crippen molar-refractivity contribution in [2.24, 2.45) is 0 Å². The van der Waals surface area contributed by atoms with Crippen molar-refractivity contribution in [3.63, 3.8) is 0 Å². The van der Waals surface area contributed by atoms with E-state index in [0.717, 1.165) is 68.0 Å². The van der Waals surface area contributed by atoms with Crippen molar-refractivity contribution >= 4 is 17.5 Å². The Kier molecular flexibility index (Phi) is 6.35. The average molecular weight is 410 g/mol. The SMILES string of the molecule is COc1ccc(CC(=O)N2CCN(c3cc(N4CCCCC4)nc(C)n3)CC2)cc1. The van der Waals surface area contributed by atoms with Crippen LogP contribution in [0.25, 0.3) is 0 Å². The summed E-state index contributed by atoms with van der Waals surface area (Å²) in [6.07, 6.45) is 4.19. The van der Waals surface area contributed by atoms with Crippen molar-refractivity contribution < 1.29 is 9.53 Å². The smallest absolute Gasteiger partial charge is 0.227 e. The van der Waals surface area contributed by atoms with Crippen LogP contribution in [0.3, 0.4) is 0 Å². The van der Waals surface area contributed by atoms with Gasteiger partial charge in [-0.1, -0.05) is 12.1 Å². The Morgan fingerprint density at radius 2 is 1.50 bits per heavy atom. The van der Waals surface area contributed by atoms with Crippen LogP contribution in [0.4, 0.5) is 11.6 Å². The van der Waals surface area contributed by atoms with Gasteiger partial charge >= 0.3 is 0 Å². The predicted molar refractivity (Wildman–Crippen MR) is 118 cm³/mol. The Morgan fingerprint density at radius 3 is 2.10 bits per heavy atom. The molecule has 0 radical (unpaired) electrons. The highest BCUT2D eigenvalue weighted by Crippen LogP contribution is 2.23. The van der Waals surface area contributed by atoms with Crippen molar-refractivity contribution in [2.75, 3.05) is 56.2 Å². The fourth-order valence-corrected chi connectivity index (χ4v) is 4.20. The fourth-order valence-electron chi connectivity index (χ4n) is 4.20. The number of rotatable bonds is 5. The number of hydrogen-bond donors (Lipinski definition) is 0. The van der Waals surface area contributed by atoms with Gasteiger partial charge in [0.15, 0.2) is 0 Å². The van der Waals surface area contributed by atoms with Gasteiger partial charge in [0.05, 0.1) is 13.5 Å². The molecule has 2 aromatic rings. The van der Waals surface area contributed by atoms with E-state index in [4.69, 9.17) is 4.74 Å². The maximum Gasteiger partial charge on any atom is 0.227 e. The van der Waals surface area contributed by atoms with Gasteiger partial charge in [-0.3, -0.25) is 4.79 Å². The number of aromatic nitrogens is 2. The Balaban J connectivity index is 1.35. The molecule has 0 unspecified atom stereocenters. The summed E-state index contributed by atoms with van der Waals surface area (Å²) in [7, 11) is 1.65. The van der Waals surface area contributed by atoms with Gasteiger partial charge in [0.1, 0.15) is 23.2 Å². The van der Waals surface area contributed by atoms with Crippen LogP contribution in [0.5, 0.6) is 5.75 Å². The molecule has 3 heterocycles. The second-order valence-electron chi connectivity index (χ2n) is 8.07. The first kappa shape index (κ1) is 20.4. The Bertz CT molecular complexity index is 856. The first-order chi connectivity index (χ1) is 14.6. The van der Waals surface area contributed by atoms with Gasteiger partial charge in [-0.2, -0.15) is 0 Å². The van der Waals surface area contributed by atoms with Crippen LogP contribution in [0, 0.1) is 6.92 Å². The molecular weight excluding hydrogens is 378 g/mol. The molecule has 7 heteroatoms. The minimum atomic E-state index is 0.174. The second kappa shape index (κ2) is 9.32. The third kappa shape index (κ3) is 4.83. The van der Waals surface area contributed by atoms with Crippen LogP contribution >= 0.6 is 0 Å². The van der Waals surface area contributed by atoms with Crippen molar-refractivity contribution in [2.45, 2.75) is 32.6 Å². The Hall–Kier alpha value is -2.83. The Labute approximate surface area is 178 Å². The molecule has 0 saturated carbocycles. The van der Waals surface area contributed by atoms with Gasteiger partial charge in [0.25, 0.3) is 0 Å². The fraction of sp³-hybridized carbons (Fsp3) is 0.522. The van der Waals surface area contributed by atoms with E-state index >= 15 is 0 Å². The lowest BCUT2D eigenvalue weighted by molar-refractivity contribution is -0.130. The van der Waals surface area contributed by atoms with Crippen molar-refractivity contribution in [3.05, 3.63) is 41.7 Å². The van der Waals surface area contributed by atoms with Gasteiger partial charge in [-0.05, 0) is 43.9 Å². The van der Waals surface area contributed by atoms with Crippen molar-refractivity contribution in [3.8, 4) is 5.75 Å². The van der Waals surface area contributed by atoms with E-state index in [9.17, 15) is 4.79 Å². The number of amides is 1. The molecule has 0 spiro atoms. The number of carbonyl (C=O) groups is 1. The lowest BCUT2D eigenvalue weighted by atomic mass is 10.1. The highest BCUT2D eigenvalue weighted by molar-refractivity contribution is 5.79. The maximum atomic E-state index is 12.7. The van der Waals surface area contributed by atoms with Gasteiger partial charge in [0.2, 0.25) is 5.91 Å². The van der Waals surface area contributed by atoms with Gasteiger partial charge in [-0.25, -0.2) is 9.97 Å². The normalized spacial score (nSPS) is 17.2. The second-order valence-corrected chi connectivity index (χ2v) is 8.07. The van der Waals surface area contributed by atoms with Crippen LogP contribution in [0.2, 0.25) is 0 Å². The van der Waals surface area contributed by atoms with Gasteiger partial charge in [-0.15, -0.1) is 0 Å². The van der Waals surface area contributed by atoms with Gasteiger partial charge < -0.3 is 19.4 Å². The number of ether oxygens (including phenoxy) is 1. The summed E-state index contributed by atoms with van der Waals surface area (Å²) in [6.45, 7) is 7.14. The lowest BCUT2D eigenvalue weighted by Crippen LogP contribution is -2.49. The molecule has 7 nitrogen and oxygen atoms in total. The molecular formula is C23H31N5O2. The van der Waals surface area contributed by atoms with Crippen LogP contribution in [0.15, 0.2) is 30.3 Å². The average Bonchev–Trinajstić information content (AvgIpc) is 2.80. The van der Waals surface area contributed by atoms with Crippen molar-refractivity contribution in [1.82, 2.24) is 14.9 Å². The third-order valence-corrected chi connectivity index (χ3v) is 5.96. The zero-order valence-corrected chi connectivity index (χ0v) is 18.0. The summed E-state index contributed by atoms with van der Waals surface area (Å²) in [6, 6.07) is 9.83. The predicted octanol–water partition coefficient (Wildman–Crippen LogP) is 2.68. The van der Waals surface area contributed by atoms with Crippen LogP contribution in [0.1, 0.15) is 30.7 Å². The molecule has 30 heavy (non-hydrogen) atoms. The summed E-state index contributed by atoms with van der Waals surface area (Å²) >= 11 is 0. The van der Waals surface area contributed by atoms with E-state index in [-0.39, 0.29) is 5.91 Å². The van der Waals surface area contributed by atoms with E-state index in [0.29, 0.717) is 6.42 Å². The zero-order chi connectivity index (χ0) is 20.9. The molecule has 0 N–H and O–H groups in total. The standard InChI is InChI=1S/C23H31N5O2/c1-18-24-21(26-10-4-3-5-11-26)17-22(25-18)27-12-14-28(15-13-27)23(29)16-19-6-8-20(30-2)9-7-19/h6-9,17H,3-5,10-16H2,1-2H3. The van der Waals surface area contributed by atoms with Crippen molar-refractivity contribution in [1.29, 1.82) is 0 Å². The van der Waals surface area contributed by atoms with E-state index in [1.54, 1.807) is 7.11 Å². The summed E-state index contributed by atoms with van der Waals surface area (Å²) in [5.41, 5.74) is 1.01. The van der Waals surface area contributed by atoms with Crippen LogP contribution < -0.4 is 14.5 Å². The highest BCUT2D eigenvalue weighted by Gasteiger charge is 2.23. The van der Waals surface area contributed by atoms with E-state index < -0.39 is 0 Å². The van der Waals surface area contributed by atoms with Gasteiger partial charge in [0, 0.05) is 45.3 Å². The van der Waals surface area contributed by atoms with E-state index in [2.05, 4.69) is 25.8 Å². The lowest BCUT2D eigenvalue weighted by Gasteiger charge is -2.36. The molecule has 160 valence electrons. The Morgan fingerprint density at radius 1 is 0.900 bits per heavy atom. The number of benzene rings is 1. The number of methoxy groups -OCH3 is 1. The largest absolute Gasteiger partial charge is 0.497 e. The number of anilines is 2. The number of hydrogen-bond acceptors (Lipinski definition) is 6. The minimum absolute atomic E-state index is 0.174. The summed E-state index contributed by atoms with van der Waals surface area (Å²) in [5, 5.41) is 0. The first-order valence-electron chi connectivity index (χ1n) is 10.9. The number of piperazine rings is 1. The molecule has 0 bridgehead atoms. The molecule has 4 rings (SSSR count). The molecule has 2 saturated heterocycles. The minimum Gasteiger partial charge on any atom is -0.497 e. The van der Waals surface area contributed by atoms with Crippen LogP contribution in [-0.2, 0) is 11.2 Å². The topological polar surface area (TPSA) is 61.8 Å². The first-order valence-corrected chi connectivity index (χ1v) is 10.9. The highest BCUT2D eigenvalue weighted by atomic mass is 16.5.